The van der Waals surface area contributed by atoms with Gasteiger partial charge in [0, 0.05) is 6.42 Å². The van der Waals surface area contributed by atoms with E-state index in [0.29, 0.717) is 12.8 Å². The first kappa shape index (κ1) is 15.2. The second-order valence-electron chi connectivity index (χ2n) is 5.87. The number of hydrogen-bond acceptors (Lipinski definition) is 3. The molecule has 2 rings (SSSR count). The maximum Gasteiger partial charge on any atom is 0.160 e. The van der Waals surface area contributed by atoms with Crippen molar-refractivity contribution in [3.63, 3.8) is 0 Å². The Morgan fingerprint density at radius 3 is 2.30 bits per heavy atom. The molecule has 0 amide bonds. The van der Waals surface area contributed by atoms with Gasteiger partial charge in [-0.1, -0.05) is 24.1 Å². The summed E-state index contributed by atoms with van der Waals surface area (Å²) in [6.45, 7) is 5.99. The van der Waals surface area contributed by atoms with E-state index in [1.54, 1.807) is 0 Å². The number of ketones is 1. The van der Waals surface area contributed by atoms with Gasteiger partial charge in [-0.05, 0) is 50.3 Å². The number of rotatable bonds is 3. The van der Waals surface area contributed by atoms with Gasteiger partial charge in [-0.3, -0.25) is 4.79 Å². The highest BCUT2D eigenvalue weighted by Crippen LogP contribution is 2.24. The number of carbonyl (C=O) groups is 1. The van der Waals surface area contributed by atoms with Crippen molar-refractivity contribution in [2.24, 2.45) is 0 Å². The van der Waals surface area contributed by atoms with Crippen LogP contribution in [0.2, 0.25) is 0 Å². The van der Waals surface area contributed by atoms with Crippen molar-refractivity contribution in [2.75, 3.05) is 5.75 Å². The van der Waals surface area contributed by atoms with Gasteiger partial charge in [0.1, 0.15) is 5.25 Å². The van der Waals surface area contributed by atoms with Gasteiger partial charge in [0.2, 0.25) is 0 Å². The van der Waals surface area contributed by atoms with Gasteiger partial charge < -0.3 is 0 Å². The first-order valence-corrected chi connectivity index (χ1v) is 8.84. The number of Topliss-reactive ketones (excluding diaryl/α,β-unsaturated/α-hetero) is 1. The van der Waals surface area contributed by atoms with E-state index in [1.807, 2.05) is 32.9 Å². The quantitative estimate of drug-likeness (QED) is 0.861. The summed E-state index contributed by atoms with van der Waals surface area (Å²) in [7, 11) is -3.23. The van der Waals surface area contributed by atoms with Crippen LogP contribution < -0.4 is 0 Å². The predicted octanol–water partition coefficient (Wildman–Crippen LogP) is 2.69. The number of carbonyl (C=O) groups excluding carboxylic acids is 1. The average Bonchev–Trinajstić information content (AvgIpc) is 2.32. The van der Waals surface area contributed by atoms with Crippen LogP contribution in [0.5, 0.6) is 0 Å². The molecule has 1 aliphatic rings. The van der Waals surface area contributed by atoms with Gasteiger partial charge in [0.15, 0.2) is 15.6 Å². The SMILES string of the molecule is Cc1cc(C)c(CC(=O)C2CCCCS2(=O)=O)c(C)c1. The van der Waals surface area contributed by atoms with E-state index in [2.05, 4.69) is 0 Å². The lowest BCUT2D eigenvalue weighted by Crippen LogP contribution is -2.36. The molecule has 110 valence electrons. The highest BCUT2D eigenvalue weighted by Gasteiger charge is 2.34. The molecule has 0 aliphatic carbocycles. The van der Waals surface area contributed by atoms with Crippen LogP contribution in [0.3, 0.4) is 0 Å². The lowest BCUT2D eigenvalue weighted by Gasteiger charge is -2.22. The lowest BCUT2D eigenvalue weighted by molar-refractivity contribution is -0.118. The van der Waals surface area contributed by atoms with E-state index < -0.39 is 15.1 Å². The molecule has 1 aromatic carbocycles. The molecule has 0 spiro atoms. The van der Waals surface area contributed by atoms with Crippen molar-refractivity contribution < 1.29 is 13.2 Å². The van der Waals surface area contributed by atoms with Gasteiger partial charge in [0.05, 0.1) is 5.75 Å². The van der Waals surface area contributed by atoms with Crippen molar-refractivity contribution in [1.29, 1.82) is 0 Å². The summed E-state index contributed by atoms with van der Waals surface area (Å²) in [5.41, 5.74) is 4.30. The molecule has 0 aromatic heterocycles. The van der Waals surface area contributed by atoms with Crippen LogP contribution in [-0.4, -0.2) is 25.2 Å². The monoisotopic (exact) mass is 294 g/mol. The van der Waals surface area contributed by atoms with E-state index in [0.717, 1.165) is 23.1 Å². The van der Waals surface area contributed by atoms with Crippen LogP contribution in [0.15, 0.2) is 12.1 Å². The van der Waals surface area contributed by atoms with Crippen LogP contribution in [-0.2, 0) is 21.1 Å². The van der Waals surface area contributed by atoms with Gasteiger partial charge in [-0.15, -0.1) is 0 Å². The third-order valence-electron chi connectivity index (χ3n) is 4.13. The van der Waals surface area contributed by atoms with Gasteiger partial charge in [-0.25, -0.2) is 8.42 Å². The van der Waals surface area contributed by atoms with Crippen molar-refractivity contribution in [3.8, 4) is 0 Å². The minimum Gasteiger partial charge on any atom is -0.298 e. The third kappa shape index (κ3) is 3.11. The Morgan fingerprint density at radius 2 is 1.75 bits per heavy atom. The van der Waals surface area contributed by atoms with E-state index in [9.17, 15) is 13.2 Å². The Hall–Kier alpha value is -1.16. The average molecular weight is 294 g/mol. The molecule has 0 saturated carbocycles. The van der Waals surface area contributed by atoms with Crippen LogP contribution in [0, 0.1) is 20.8 Å². The summed E-state index contributed by atoms with van der Waals surface area (Å²) >= 11 is 0. The van der Waals surface area contributed by atoms with Gasteiger partial charge >= 0.3 is 0 Å². The van der Waals surface area contributed by atoms with E-state index in [1.165, 1.54) is 5.56 Å². The standard InChI is InChI=1S/C16H22O3S/c1-11-8-12(2)14(13(3)9-11)10-15(17)16-6-4-5-7-20(16,18)19/h8-9,16H,4-7,10H2,1-3H3. The summed E-state index contributed by atoms with van der Waals surface area (Å²) in [6, 6.07) is 4.09. The molecule has 3 nitrogen and oxygen atoms in total. The summed E-state index contributed by atoms with van der Waals surface area (Å²) < 4.78 is 24.0. The summed E-state index contributed by atoms with van der Waals surface area (Å²) in [4.78, 5) is 12.4. The lowest BCUT2D eigenvalue weighted by atomic mass is 9.94. The molecular weight excluding hydrogens is 272 g/mol. The van der Waals surface area contributed by atoms with E-state index >= 15 is 0 Å². The second kappa shape index (κ2) is 5.68. The fourth-order valence-corrected chi connectivity index (χ4v) is 4.99. The maximum absolute atomic E-state index is 12.4. The molecule has 4 heteroatoms. The van der Waals surface area contributed by atoms with Crippen molar-refractivity contribution in [1.82, 2.24) is 0 Å². The highest BCUT2D eigenvalue weighted by atomic mass is 32.2. The normalized spacial score (nSPS) is 21.6. The topological polar surface area (TPSA) is 51.2 Å². The molecule has 1 atom stereocenters. The van der Waals surface area contributed by atoms with E-state index in [4.69, 9.17) is 0 Å². The highest BCUT2D eigenvalue weighted by molar-refractivity contribution is 7.92. The first-order valence-electron chi connectivity index (χ1n) is 7.12. The zero-order valence-corrected chi connectivity index (χ0v) is 13.2. The molecule has 0 N–H and O–H groups in total. The summed E-state index contributed by atoms with van der Waals surface area (Å²) in [6.07, 6.45) is 2.25. The number of benzene rings is 1. The fraction of sp³-hybridized carbons (Fsp3) is 0.562. The van der Waals surface area contributed by atoms with E-state index in [-0.39, 0.29) is 18.0 Å². The molecule has 1 heterocycles. The zero-order chi connectivity index (χ0) is 14.9. The first-order chi connectivity index (χ1) is 9.31. The Morgan fingerprint density at radius 1 is 1.15 bits per heavy atom. The summed E-state index contributed by atoms with van der Waals surface area (Å²) in [5, 5.41) is -0.781. The predicted molar refractivity (Wildman–Crippen MR) is 80.8 cm³/mol. The molecule has 0 radical (unpaired) electrons. The van der Waals surface area contributed by atoms with Gasteiger partial charge in [-0.2, -0.15) is 0 Å². The third-order valence-corrected chi connectivity index (χ3v) is 6.35. The second-order valence-corrected chi connectivity index (χ2v) is 8.17. The van der Waals surface area contributed by atoms with Crippen LogP contribution in [0.1, 0.15) is 41.5 Å². The smallest absolute Gasteiger partial charge is 0.160 e. The Kier molecular flexibility index (Phi) is 4.33. The number of hydrogen-bond donors (Lipinski definition) is 0. The Bertz CT molecular complexity index is 606. The van der Waals surface area contributed by atoms with Crippen molar-refractivity contribution >= 4 is 15.6 Å². The molecule has 1 aliphatic heterocycles. The molecule has 0 bridgehead atoms. The fourth-order valence-electron chi connectivity index (χ4n) is 3.09. The largest absolute Gasteiger partial charge is 0.298 e. The maximum atomic E-state index is 12.4. The molecule has 1 fully saturated rings. The molecule has 1 aromatic rings. The van der Waals surface area contributed by atoms with Crippen molar-refractivity contribution in [3.05, 3.63) is 34.4 Å². The minimum absolute atomic E-state index is 0.139. The van der Waals surface area contributed by atoms with Crippen molar-refractivity contribution in [2.45, 2.75) is 51.7 Å². The Balaban J connectivity index is 2.24. The number of aryl methyl sites for hydroxylation is 3. The van der Waals surface area contributed by atoms with Crippen LogP contribution in [0.4, 0.5) is 0 Å². The molecule has 1 saturated heterocycles. The molecular formula is C16H22O3S. The number of sulfone groups is 1. The molecule has 1 unspecified atom stereocenters. The van der Waals surface area contributed by atoms with Gasteiger partial charge in [0.25, 0.3) is 0 Å². The van der Waals surface area contributed by atoms with Crippen LogP contribution in [0.25, 0.3) is 0 Å². The summed E-state index contributed by atoms with van der Waals surface area (Å²) in [5.74, 6) is 0.0229. The zero-order valence-electron chi connectivity index (χ0n) is 12.4. The molecule has 20 heavy (non-hydrogen) atoms. The Labute approximate surface area is 121 Å². The minimum atomic E-state index is -3.23. The van der Waals surface area contributed by atoms with Crippen LogP contribution >= 0.6 is 0 Å².